The van der Waals surface area contributed by atoms with E-state index in [1.807, 2.05) is 0 Å². The Morgan fingerprint density at radius 2 is 2.33 bits per heavy atom. The zero-order valence-corrected chi connectivity index (χ0v) is 7.75. The van der Waals surface area contributed by atoms with Gasteiger partial charge in [-0.3, -0.25) is 4.79 Å². The first-order chi connectivity index (χ1) is 5.56. The molecule has 0 aliphatic rings. The minimum absolute atomic E-state index is 0.0426. The summed E-state index contributed by atoms with van der Waals surface area (Å²) in [7, 11) is 1.62. The molecule has 0 aliphatic carbocycles. The van der Waals surface area contributed by atoms with Crippen LogP contribution in [0.5, 0.6) is 0 Å². The number of hydrazine groups is 1. The highest BCUT2D eigenvalue weighted by atomic mass is 32.1. The summed E-state index contributed by atoms with van der Waals surface area (Å²) in [6.45, 7) is 0.0426. The van der Waals surface area contributed by atoms with Gasteiger partial charge in [0.1, 0.15) is 6.61 Å². The van der Waals surface area contributed by atoms with E-state index in [2.05, 4.69) is 17.4 Å². The molecule has 0 aliphatic heterocycles. The number of thiol groups is 1. The van der Waals surface area contributed by atoms with E-state index in [0.717, 1.165) is 0 Å². The number of carbonyl (C=O) groups is 1. The van der Waals surface area contributed by atoms with Gasteiger partial charge in [-0.2, -0.15) is 12.6 Å². The van der Waals surface area contributed by atoms with Crippen LogP contribution in [0.2, 0.25) is 0 Å². The van der Waals surface area contributed by atoms with E-state index in [1.165, 1.54) is 11.2 Å². The predicted octanol–water partition coefficient (Wildman–Crippen LogP) is -0.935. The second kappa shape index (κ2) is 5.73. The first kappa shape index (κ1) is 11.1. The van der Waals surface area contributed by atoms with Gasteiger partial charge in [0.25, 0.3) is 0 Å². The van der Waals surface area contributed by atoms with Crippen LogP contribution in [0.1, 0.15) is 0 Å². The Bertz CT molecular complexity index is 182. The van der Waals surface area contributed by atoms with Crippen molar-refractivity contribution in [3.05, 3.63) is 11.9 Å². The Morgan fingerprint density at radius 1 is 1.75 bits per heavy atom. The van der Waals surface area contributed by atoms with Gasteiger partial charge in [0.05, 0.1) is 11.4 Å². The summed E-state index contributed by atoms with van der Waals surface area (Å²) >= 11 is 3.72. The van der Waals surface area contributed by atoms with E-state index >= 15 is 0 Å². The maximum Gasteiger partial charge on any atom is 0.316 e. The highest BCUT2D eigenvalue weighted by Gasteiger charge is 1.99. The first-order valence-corrected chi connectivity index (χ1v) is 3.89. The van der Waals surface area contributed by atoms with Crippen molar-refractivity contribution in [2.24, 2.45) is 11.6 Å². The topological polar surface area (TPSA) is 81.6 Å². The number of ether oxygens (including phenoxy) is 1. The molecule has 0 bridgehead atoms. The number of carbonyl (C=O) groups excluding carboxylic acids is 1. The van der Waals surface area contributed by atoms with Gasteiger partial charge in [-0.1, -0.05) is 0 Å². The molecule has 0 aromatic rings. The standard InChI is InChI=1S/C6H13N3O2S/c1-9(8)2-5(7)3-11-6(10)4-12/h2,12H,3-4,7-8H2,1H3/b5-2-. The number of hydrogen-bond acceptors (Lipinski definition) is 6. The Labute approximate surface area is 76.7 Å². The molecule has 0 rings (SSSR count). The van der Waals surface area contributed by atoms with Crippen LogP contribution in [0.15, 0.2) is 11.9 Å². The van der Waals surface area contributed by atoms with Crippen LogP contribution in [0.25, 0.3) is 0 Å². The van der Waals surface area contributed by atoms with Crippen LogP contribution >= 0.6 is 12.6 Å². The zero-order valence-electron chi connectivity index (χ0n) is 6.86. The molecule has 70 valence electrons. The van der Waals surface area contributed by atoms with E-state index in [1.54, 1.807) is 7.05 Å². The molecule has 4 N–H and O–H groups in total. The van der Waals surface area contributed by atoms with Crippen LogP contribution in [-0.4, -0.2) is 30.4 Å². The predicted molar refractivity (Wildman–Crippen MR) is 49.0 cm³/mol. The van der Waals surface area contributed by atoms with Crippen LogP contribution < -0.4 is 11.6 Å². The Kier molecular flexibility index (Phi) is 5.31. The minimum Gasteiger partial charge on any atom is -0.459 e. The highest BCUT2D eigenvalue weighted by Crippen LogP contribution is 1.89. The van der Waals surface area contributed by atoms with Crippen molar-refractivity contribution >= 4 is 18.6 Å². The van der Waals surface area contributed by atoms with Crippen molar-refractivity contribution < 1.29 is 9.53 Å². The lowest BCUT2D eigenvalue weighted by molar-refractivity contribution is -0.139. The Balaban J connectivity index is 3.70. The van der Waals surface area contributed by atoms with Crippen LogP contribution in [0.3, 0.4) is 0 Å². The third-order valence-corrected chi connectivity index (χ3v) is 1.16. The summed E-state index contributed by atoms with van der Waals surface area (Å²) in [5.41, 5.74) is 5.80. The second-order valence-corrected chi connectivity index (χ2v) is 2.50. The molecule has 0 unspecified atom stereocenters. The summed E-state index contributed by atoms with van der Waals surface area (Å²) in [6, 6.07) is 0. The van der Waals surface area contributed by atoms with Crippen molar-refractivity contribution in [3.63, 3.8) is 0 Å². The summed E-state index contributed by atoms with van der Waals surface area (Å²) in [5.74, 6) is 4.89. The minimum atomic E-state index is -0.408. The molecular weight excluding hydrogens is 178 g/mol. The van der Waals surface area contributed by atoms with Gasteiger partial charge in [-0.05, 0) is 0 Å². The smallest absolute Gasteiger partial charge is 0.316 e. The summed E-state index contributed by atoms with van der Waals surface area (Å²) < 4.78 is 4.66. The summed E-state index contributed by atoms with van der Waals surface area (Å²) in [4.78, 5) is 10.6. The van der Waals surface area contributed by atoms with Crippen molar-refractivity contribution in [1.29, 1.82) is 0 Å². The molecular formula is C6H13N3O2S. The zero-order chi connectivity index (χ0) is 9.56. The van der Waals surface area contributed by atoms with Crippen molar-refractivity contribution in [1.82, 2.24) is 5.01 Å². The van der Waals surface area contributed by atoms with Crippen molar-refractivity contribution in [2.75, 3.05) is 19.4 Å². The van der Waals surface area contributed by atoms with E-state index in [4.69, 9.17) is 11.6 Å². The molecule has 0 amide bonds. The first-order valence-electron chi connectivity index (χ1n) is 3.26. The van der Waals surface area contributed by atoms with Gasteiger partial charge in [0.15, 0.2) is 0 Å². The summed E-state index contributed by atoms with van der Waals surface area (Å²) in [6.07, 6.45) is 1.46. The largest absolute Gasteiger partial charge is 0.459 e. The average molecular weight is 191 g/mol. The molecule has 0 aromatic heterocycles. The quantitative estimate of drug-likeness (QED) is 0.231. The lowest BCUT2D eigenvalue weighted by atomic mass is 10.5. The summed E-state index contributed by atoms with van der Waals surface area (Å²) in [5, 5.41) is 1.28. The molecule has 0 radical (unpaired) electrons. The van der Waals surface area contributed by atoms with Gasteiger partial charge in [-0.25, -0.2) is 5.84 Å². The number of nitrogens with two attached hydrogens (primary N) is 2. The SMILES string of the molecule is CN(N)/C=C(\N)COC(=O)CS. The Morgan fingerprint density at radius 3 is 2.75 bits per heavy atom. The lowest BCUT2D eigenvalue weighted by Gasteiger charge is -2.07. The van der Waals surface area contributed by atoms with E-state index < -0.39 is 5.97 Å². The second-order valence-electron chi connectivity index (χ2n) is 2.19. The number of hydrogen-bond donors (Lipinski definition) is 3. The van der Waals surface area contributed by atoms with Crippen LogP contribution in [0.4, 0.5) is 0 Å². The molecule has 0 aromatic carbocycles. The van der Waals surface area contributed by atoms with Gasteiger partial charge >= 0.3 is 5.97 Å². The third-order valence-electron chi connectivity index (χ3n) is 0.898. The normalized spacial score (nSPS) is 11.1. The molecule has 5 nitrogen and oxygen atoms in total. The third kappa shape index (κ3) is 5.87. The number of rotatable bonds is 4. The molecule has 12 heavy (non-hydrogen) atoms. The number of esters is 1. The highest BCUT2D eigenvalue weighted by molar-refractivity contribution is 7.81. The molecule has 0 spiro atoms. The molecule has 0 saturated heterocycles. The van der Waals surface area contributed by atoms with Crippen LogP contribution in [0, 0.1) is 0 Å². The molecule has 0 atom stereocenters. The Hall–Kier alpha value is -0.880. The molecule has 0 heterocycles. The number of nitrogens with zero attached hydrogens (tertiary/aromatic N) is 1. The van der Waals surface area contributed by atoms with E-state index in [9.17, 15) is 4.79 Å². The molecule has 0 fully saturated rings. The van der Waals surface area contributed by atoms with E-state index in [0.29, 0.717) is 5.70 Å². The van der Waals surface area contributed by atoms with Crippen molar-refractivity contribution in [2.45, 2.75) is 0 Å². The van der Waals surface area contributed by atoms with Gasteiger partial charge in [0, 0.05) is 13.2 Å². The van der Waals surface area contributed by atoms with Crippen LogP contribution in [-0.2, 0) is 9.53 Å². The maximum absolute atomic E-state index is 10.6. The monoisotopic (exact) mass is 191 g/mol. The van der Waals surface area contributed by atoms with Gasteiger partial charge < -0.3 is 15.5 Å². The molecule has 0 saturated carbocycles. The van der Waals surface area contributed by atoms with Gasteiger partial charge in [-0.15, -0.1) is 0 Å². The van der Waals surface area contributed by atoms with E-state index in [-0.39, 0.29) is 12.4 Å². The fraction of sp³-hybridized carbons (Fsp3) is 0.500. The fourth-order valence-electron chi connectivity index (χ4n) is 0.508. The lowest BCUT2D eigenvalue weighted by Crippen LogP contribution is -2.23. The van der Waals surface area contributed by atoms with Gasteiger partial charge in [0.2, 0.25) is 0 Å². The average Bonchev–Trinajstić information content (AvgIpc) is 1.99. The fourth-order valence-corrected chi connectivity index (χ4v) is 0.600. The maximum atomic E-state index is 10.6. The van der Waals surface area contributed by atoms with Crippen molar-refractivity contribution in [3.8, 4) is 0 Å². The molecule has 6 heteroatoms.